The van der Waals surface area contributed by atoms with Crippen LogP contribution in [0.3, 0.4) is 0 Å². The van der Waals surface area contributed by atoms with Crippen LogP contribution in [0.15, 0.2) is 42.7 Å². The molecule has 1 N–H and O–H groups in total. The number of ether oxygens (including phenoxy) is 2. The van der Waals surface area contributed by atoms with Crippen molar-refractivity contribution in [2.45, 2.75) is 12.5 Å². The molecule has 0 amide bonds. The minimum atomic E-state index is -0.895. The zero-order chi connectivity index (χ0) is 18.3. The maximum absolute atomic E-state index is 11.9. The maximum atomic E-state index is 11.9. The first-order chi connectivity index (χ1) is 12.6. The van der Waals surface area contributed by atoms with Gasteiger partial charge < -0.3 is 19.5 Å². The van der Waals surface area contributed by atoms with Gasteiger partial charge in [0, 0.05) is 23.6 Å². The van der Waals surface area contributed by atoms with E-state index >= 15 is 0 Å². The Kier molecular flexibility index (Phi) is 5.26. The molecule has 4 rings (SSSR count). The number of carbonyl (C=O) groups is 1. The molecule has 1 atom stereocenters. The molecule has 8 heteroatoms. The molecule has 1 aliphatic heterocycles. The summed E-state index contributed by atoms with van der Waals surface area (Å²) in [6, 6.07) is 10.5. The van der Waals surface area contributed by atoms with E-state index in [1.165, 1.54) is 6.33 Å². The van der Waals surface area contributed by atoms with Crippen LogP contribution in [0.4, 0.5) is 11.5 Å². The Morgan fingerprint density at radius 2 is 1.85 bits per heavy atom. The second-order valence-electron chi connectivity index (χ2n) is 5.98. The number of rotatable bonds is 4. The molecule has 0 radical (unpaired) electrons. The van der Waals surface area contributed by atoms with Crippen LogP contribution in [-0.4, -0.2) is 60.2 Å². The van der Waals surface area contributed by atoms with Crippen LogP contribution < -0.4 is 14.4 Å². The van der Waals surface area contributed by atoms with Gasteiger partial charge in [0.25, 0.3) is 0 Å². The summed E-state index contributed by atoms with van der Waals surface area (Å²) in [6.45, 7) is 0. The summed E-state index contributed by atoms with van der Waals surface area (Å²) in [5.41, 5.74) is 2.47. The van der Waals surface area contributed by atoms with Crippen molar-refractivity contribution in [1.29, 1.82) is 0 Å². The molecule has 0 saturated heterocycles. The van der Waals surface area contributed by atoms with Crippen molar-refractivity contribution in [3.63, 3.8) is 0 Å². The summed E-state index contributed by atoms with van der Waals surface area (Å²) < 4.78 is 10.7. The fourth-order valence-electron chi connectivity index (χ4n) is 3.41. The predicted octanol–water partition coefficient (Wildman–Crippen LogP) is 2.15. The number of anilines is 2. The molecule has 0 aliphatic carbocycles. The molecular weight excluding hydrogens is 341 g/mol. The predicted molar refractivity (Wildman–Crippen MR) is 103 cm³/mol. The summed E-state index contributed by atoms with van der Waals surface area (Å²) in [6.07, 6.45) is 1.85. The Hall–Kier alpha value is -2.75. The average molecular weight is 359 g/mol. The molecule has 134 valence electrons. The van der Waals surface area contributed by atoms with Crippen LogP contribution in [0.25, 0.3) is 10.9 Å². The molecule has 3 aromatic rings. The molecular formula is C19H18LiN3O4. The number of carboxylic acids is 1. The van der Waals surface area contributed by atoms with Gasteiger partial charge in [-0.1, -0.05) is 18.2 Å². The van der Waals surface area contributed by atoms with Crippen molar-refractivity contribution < 1.29 is 19.4 Å². The fourth-order valence-corrected chi connectivity index (χ4v) is 3.41. The number of aromatic nitrogens is 2. The first kappa shape index (κ1) is 19.0. The van der Waals surface area contributed by atoms with Crippen LogP contribution in [0.1, 0.15) is 5.56 Å². The van der Waals surface area contributed by atoms with Crippen molar-refractivity contribution >= 4 is 47.2 Å². The van der Waals surface area contributed by atoms with Gasteiger partial charge >= 0.3 is 24.8 Å². The van der Waals surface area contributed by atoms with Gasteiger partial charge in [0.15, 0.2) is 11.5 Å². The van der Waals surface area contributed by atoms with Crippen LogP contribution in [-0.2, 0) is 11.2 Å². The number of methoxy groups -OCH3 is 2. The summed E-state index contributed by atoms with van der Waals surface area (Å²) in [5.74, 6) is 0.735. The molecule has 0 bridgehead atoms. The molecule has 0 fully saturated rings. The van der Waals surface area contributed by atoms with Gasteiger partial charge in [0.2, 0.25) is 0 Å². The van der Waals surface area contributed by atoms with E-state index in [1.54, 1.807) is 31.3 Å². The van der Waals surface area contributed by atoms with Crippen molar-refractivity contribution in [3.8, 4) is 11.5 Å². The third-order valence-electron chi connectivity index (χ3n) is 4.61. The zero-order valence-corrected chi connectivity index (χ0v) is 14.3. The Morgan fingerprint density at radius 1 is 1.15 bits per heavy atom. The summed E-state index contributed by atoms with van der Waals surface area (Å²) in [7, 11) is 3.11. The molecule has 1 aromatic heterocycles. The molecule has 1 unspecified atom stereocenters. The van der Waals surface area contributed by atoms with Gasteiger partial charge in [-0.15, -0.1) is 0 Å². The first-order valence-electron chi connectivity index (χ1n) is 8.10. The second kappa shape index (κ2) is 7.47. The van der Waals surface area contributed by atoms with Gasteiger partial charge in [0.05, 0.1) is 19.7 Å². The molecule has 2 aromatic carbocycles. The van der Waals surface area contributed by atoms with Gasteiger partial charge in [0.1, 0.15) is 18.2 Å². The quantitative estimate of drug-likeness (QED) is 0.715. The van der Waals surface area contributed by atoms with Crippen molar-refractivity contribution in [2.75, 3.05) is 19.1 Å². The Morgan fingerprint density at radius 3 is 2.56 bits per heavy atom. The van der Waals surface area contributed by atoms with Gasteiger partial charge in [-0.05, 0) is 17.7 Å². The van der Waals surface area contributed by atoms with Crippen LogP contribution in [0.5, 0.6) is 11.5 Å². The van der Waals surface area contributed by atoms with Gasteiger partial charge in [-0.2, -0.15) is 0 Å². The number of aliphatic carboxylic acids is 1. The van der Waals surface area contributed by atoms with Gasteiger partial charge in [-0.25, -0.2) is 14.8 Å². The molecule has 7 nitrogen and oxygen atoms in total. The number of benzene rings is 2. The number of carboxylic acid groups (broad SMARTS) is 1. The molecule has 0 spiro atoms. The number of para-hydroxylation sites is 1. The monoisotopic (exact) mass is 359 g/mol. The van der Waals surface area contributed by atoms with Crippen LogP contribution >= 0.6 is 0 Å². The number of hydrogen-bond donors (Lipinski definition) is 1. The van der Waals surface area contributed by atoms with E-state index in [9.17, 15) is 9.90 Å². The molecule has 0 saturated carbocycles. The van der Waals surface area contributed by atoms with E-state index in [2.05, 4.69) is 9.97 Å². The zero-order valence-electron chi connectivity index (χ0n) is 14.3. The first-order valence-corrected chi connectivity index (χ1v) is 8.10. The average Bonchev–Trinajstić information content (AvgIpc) is 3.06. The second-order valence-corrected chi connectivity index (χ2v) is 5.98. The number of nitrogens with zero attached hydrogens (tertiary/aromatic N) is 3. The van der Waals surface area contributed by atoms with E-state index in [0.29, 0.717) is 34.6 Å². The minimum absolute atomic E-state index is 0. The Bertz CT molecular complexity index is 1010. The summed E-state index contributed by atoms with van der Waals surface area (Å²) in [5, 5.41) is 10.4. The number of fused-ring (bicyclic) bond motifs is 2. The third-order valence-corrected chi connectivity index (χ3v) is 4.61. The van der Waals surface area contributed by atoms with Crippen LogP contribution in [0, 0.1) is 0 Å². The topological polar surface area (TPSA) is 84.8 Å². The Labute approximate surface area is 168 Å². The van der Waals surface area contributed by atoms with E-state index in [0.717, 1.165) is 11.3 Å². The summed E-state index contributed by atoms with van der Waals surface area (Å²) >= 11 is 0. The molecule has 1 aliphatic rings. The Balaban J connectivity index is 0.00000210. The van der Waals surface area contributed by atoms with E-state index in [1.807, 2.05) is 24.3 Å². The van der Waals surface area contributed by atoms with Crippen LogP contribution in [0.2, 0.25) is 0 Å². The van der Waals surface area contributed by atoms with E-state index in [-0.39, 0.29) is 18.9 Å². The van der Waals surface area contributed by atoms with Crippen molar-refractivity contribution in [1.82, 2.24) is 9.97 Å². The van der Waals surface area contributed by atoms with Crippen molar-refractivity contribution in [3.05, 3.63) is 48.3 Å². The molecule has 2 heterocycles. The van der Waals surface area contributed by atoms with E-state index < -0.39 is 12.0 Å². The third kappa shape index (κ3) is 3.09. The normalized spacial score (nSPS) is 15.2. The standard InChI is InChI=1S/C19H17N3O4.Li.H/c1-25-16-8-12-13(9-17(16)26-2)20-10-21-18(12)22-14-6-4-3-5-11(14)7-15(22)19(23)24;;/h3-6,8-10,15H,7H2,1-2H3,(H,23,24);;. The van der Waals surface area contributed by atoms with Gasteiger partial charge in [-0.3, -0.25) is 0 Å². The van der Waals surface area contributed by atoms with E-state index in [4.69, 9.17) is 9.47 Å². The fraction of sp³-hybridized carbons (Fsp3) is 0.211. The SMILES string of the molecule is COc1cc2ncnc(N3c4ccccc4CC3C(=O)O)c2cc1OC.[LiH]. The van der Waals surface area contributed by atoms with Crippen molar-refractivity contribution in [2.24, 2.45) is 0 Å². The summed E-state index contributed by atoms with van der Waals surface area (Å²) in [4.78, 5) is 22.4. The number of hydrogen-bond acceptors (Lipinski definition) is 6. The molecule has 27 heavy (non-hydrogen) atoms.